The molecule has 0 aliphatic carbocycles. The van der Waals surface area contributed by atoms with E-state index in [0.717, 1.165) is 39.6 Å². The second-order valence-electron chi connectivity index (χ2n) is 5.56. The molecule has 1 heterocycles. The van der Waals surface area contributed by atoms with Gasteiger partial charge in [0.25, 0.3) is 0 Å². The Bertz CT molecular complexity index is 988. The van der Waals surface area contributed by atoms with Gasteiger partial charge in [-0.2, -0.15) is 0 Å². The Hall–Kier alpha value is -3.47. The highest BCUT2D eigenvalue weighted by atomic mass is 16.5. The summed E-state index contributed by atoms with van der Waals surface area (Å²) in [5.74, 6) is 2.27. The lowest BCUT2D eigenvalue weighted by Gasteiger charge is -2.05. The van der Waals surface area contributed by atoms with Gasteiger partial charge < -0.3 is 21.2 Å². The van der Waals surface area contributed by atoms with Crippen LogP contribution in [0.2, 0.25) is 0 Å². The number of H-pyrrole nitrogens is 1. The number of imidazole rings is 1. The number of benzene rings is 3. The van der Waals surface area contributed by atoms with Crippen LogP contribution < -0.4 is 16.2 Å². The number of nitrogens with zero attached hydrogens (tertiary/aromatic N) is 1. The Morgan fingerprint density at radius 2 is 1.38 bits per heavy atom. The smallest absolute Gasteiger partial charge is 0.138 e. The second-order valence-corrected chi connectivity index (χ2v) is 5.56. The predicted molar refractivity (Wildman–Crippen MR) is 96.9 cm³/mol. The van der Waals surface area contributed by atoms with E-state index in [1.54, 1.807) is 0 Å². The van der Waals surface area contributed by atoms with Gasteiger partial charge in [0, 0.05) is 23.0 Å². The normalized spacial score (nSPS) is 10.8. The summed E-state index contributed by atoms with van der Waals surface area (Å²) in [5.41, 5.74) is 15.6. The van der Waals surface area contributed by atoms with Gasteiger partial charge in [-0.1, -0.05) is 0 Å². The molecule has 5 heteroatoms. The molecule has 5 N–H and O–H groups in total. The predicted octanol–water partition coefficient (Wildman–Crippen LogP) is 4.19. The van der Waals surface area contributed by atoms with E-state index in [2.05, 4.69) is 9.97 Å². The van der Waals surface area contributed by atoms with Gasteiger partial charge in [-0.25, -0.2) is 4.98 Å². The number of hydrogen-bond donors (Lipinski definition) is 3. The molecule has 0 atom stereocenters. The number of nitrogen functional groups attached to an aromatic ring is 2. The minimum atomic E-state index is 0.708. The van der Waals surface area contributed by atoms with Crippen LogP contribution in [0.3, 0.4) is 0 Å². The van der Waals surface area contributed by atoms with Gasteiger partial charge in [-0.3, -0.25) is 0 Å². The highest BCUT2D eigenvalue weighted by Gasteiger charge is 2.07. The van der Waals surface area contributed by atoms with Crippen molar-refractivity contribution >= 4 is 22.4 Å². The molecule has 0 unspecified atom stereocenters. The van der Waals surface area contributed by atoms with Crippen LogP contribution in [0.4, 0.5) is 11.4 Å². The molecule has 118 valence electrons. The summed E-state index contributed by atoms with van der Waals surface area (Å²) >= 11 is 0. The minimum Gasteiger partial charge on any atom is -0.457 e. The third kappa shape index (κ3) is 2.75. The molecule has 0 fully saturated rings. The van der Waals surface area contributed by atoms with E-state index in [4.69, 9.17) is 16.2 Å². The molecule has 24 heavy (non-hydrogen) atoms. The summed E-state index contributed by atoms with van der Waals surface area (Å²) < 4.78 is 5.85. The van der Waals surface area contributed by atoms with Gasteiger partial charge in [0.05, 0.1) is 11.0 Å². The van der Waals surface area contributed by atoms with E-state index in [1.807, 2.05) is 66.7 Å². The number of anilines is 2. The van der Waals surface area contributed by atoms with Crippen LogP contribution in [0.25, 0.3) is 22.4 Å². The first kappa shape index (κ1) is 14.1. The number of aromatic amines is 1. The molecular weight excluding hydrogens is 300 g/mol. The van der Waals surface area contributed by atoms with Gasteiger partial charge in [0.1, 0.15) is 17.3 Å². The Morgan fingerprint density at radius 1 is 0.750 bits per heavy atom. The number of nitrogens with one attached hydrogen (secondary N) is 1. The number of aromatic nitrogens is 2. The Labute approximate surface area is 138 Å². The maximum atomic E-state index is 5.85. The summed E-state index contributed by atoms with van der Waals surface area (Å²) in [6.45, 7) is 0. The van der Waals surface area contributed by atoms with Crippen molar-refractivity contribution < 1.29 is 4.74 Å². The number of hydrogen-bond acceptors (Lipinski definition) is 4. The van der Waals surface area contributed by atoms with E-state index in [1.165, 1.54) is 0 Å². The van der Waals surface area contributed by atoms with Crippen molar-refractivity contribution in [3.63, 3.8) is 0 Å². The standard InChI is InChI=1S/C19H16N4O/c20-13-3-1-12(2-4-13)19-22-17-10-9-16(11-18(17)23-19)24-15-7-5-14(21)6-8-15/h1-11H,20-21H2,(H,22,23). The quantitative estimate of drug-likeness (QED) is 0.494. The molecule has 0 aliphatic heterocycles. The molecule has 0 saturated heterocycles. The second kappa shape index (κ2) is 5.62. The van der Waals surface area contributed by atoms with Crippen molar-refractivity contribution in [2.75, 3.05) is 11.5 Å². The number of rotatable bonds is 3. The zero-order valence-electron chi connectivity index (χ0n) is 12.9. The van der Waals surface area contributed by atoms with Crippen molar-refractivity contribution in [3.8, 4) is 22.9 Å². The van der Waals surface area contributed by atoms with E-state index in [-0.39, 0.29) is 0 Å². The zero-order chi connectivity index (χ0) is 16.5. The molecule has 0 amide bonds. The van der Waals surface area contributed by atoms with E-state index < -0.39 is 0 Å². The fourth-order valence-corrected chi connectivity index (χ4v) is 2.50. The summed E-state index contributed by atoms with van der Waals surface area (Å²) in [6, 6.07) is 20.7. The zero-order valence-corrected chi connectivity index (χ0v) is 12.9. The van der Waals surface area contributed by atoms with Crippen LogP contribution in [0, 0.1) is 0 Å². The fraction of sp³-hybridized carbons (Fsp3) is 0. The van der Waals surface area contributed by atoms with Gasteiger partial charge >= 0.3 is 0 Å². The molecule has 5 nitrogen and oxygen atoms in total. The van der Waals surface area contributed by atoms with E-state index in [0.29, 0.717) is 5.69 Å². The fourth-order valence-electron chi connectivity index (χ4n) is 2.50. The number of nitrogens with two attached hydrogens (primary N) is 2. The molecule has 1 aromatic heterocycles. The van der Waals surface area contributed by atoms with Crippen molar-refractivity contribution in [2.45, 2.75) is 0 Å². The summed E-state index contributed by atoms with van der Waals surface area (Å²) in [5, 5.41) is 0. The van der Waals surface area contributed by atoms with Crippen molar-refractivity contribution in [2.24, 2.45) is 0 Å². The minimum absolute atomic E-state index is 0.708. The molecule has 0 aliphatic rings. The largest absolute Gasteiger partial charge is 0.457 e. The highest BCUT2D eigenvalue weighted by molar-refractivity contribution is 5.81. The van der Waals surface area contributed by atoms with Crippen LogP contribution in [-0.4, -0.2) is 9.97 Å². The number of ether oxygens (including phenoxy) is 1. The lowest BCUT2D eigenvalue weighted by atomic mass is 10.2. The monoisotopic (exact) mass is 316 g/mol. The van der Waals surface area contributed by atoms with Gasteiger partial charge in [0.2, 0.25) is 0 Å². The van der Waals surface area contributed by atoms with Crippen LogP contribution in [-0.2, 0) is 0 Å². The topological polar surface area (TPSA) is 89.9 Å². The molecule has 0 spiro atoms. The van der Waals surface area contributed by atoms with E-state index >= 15 is 0 Å². The average Bonchev–Trinajstić information content (AvgIpc) is 3.01. The summed E-state index contributed by atoms with van der Waals surface area (Å²) in [7, 11) is 0. The van der Waals surface area contributed by atoms with Gasteiger partial charge in [-0.15, -0.1) is 0 Å². The van der Waals surface area contributed by atoms with Crippen LogP contribution in [0.1, 0.15) is 0 Å². The third-order valence-corrected chi connectivity index (χ3v) is 3.75. The molecule has 3 aromatic carbocycles. The van der Waals surface area contributed by atoms with Crippen LogP contribution in [0.15, 0.2) is 66.7 Å². The maximum absolute atomic E-state index is 5.85. The molecular formula is C19H16N4O. The Morgan fingerprint density at radius 3 is 2.08 bits per heavy atom. The van der Waals surface area contributed by atoms with Crippen molar-refractivity contribution in [3.05, 3.63) is 66.7 Å². The Balaban J connectivity index is 1.65. The van der Waals surface area contributed by atoms with Crippen LogP contribution >= 0.6 is 0 Å². The lowest BCUT2D eigenvalue weighted by Crippen LogP contribution is -1.86. The molecule has 0 bridgehead atoms. The Kier molecular flexibility index (Phi) is 3.31. The molecule has 4 aromatic rings. The highest BCUT2D eigenvalue weighted by Crippen LogP contribution is 2.27. The van der Waals surface area contributed by atoms with Gasteiger partial charge in [0.15, 0.2) is 0 Å². The SMILES string of the molecule is Nc1ccc(Oc2ccc3nc(-c4ccc(N)cc4)[nH]c3c2)cc1. The summed E-state index contributed by atoms with van der Waals surface area (Å²) in [4.78, 5) is 7.92. The maximum Gasteiger partial charge on any atom is 0.138 e. The first-order valence-corrected chi connectivity index (χ1v) is 7.56. The average molecular weight is 316 g/mol. The summed E-state index contributed by atoms with van der Waals surface area (Å²) in [6.07, 6.45) is 0. The molecule has 0 radical (unpaired) electrons. The molecule has 4 rings (SSSR count). The third-order valence-electron chi connectivity index (χ3n) is 3.75. The first-order chi connectivity index (χ1) is 11.7. The van der Waals surface area contributed by atoms with Gasteiger partial charge in [-0.05, 0) is 60.7 Å². The van der Waals surface area contributed by atoms with Crippen LogP contribution in [0.5, 0.6) is 11.5 Å². The number of fused-ring (bicyclic) bond motifs is 1. The van der Waals surface area contributed by atoms with E-state index in [9.17, 15) is 0 Å². The lowest BCUT2D eigenvalue weighted by molar-refractivity contribution is 0.483. The first-order valence-electron chi connectivity index (χ1n) is 7.56. The van der Waals surface area contributed by atoms with Crippen molar-refractivity contribution in [1.82, 2.24) is 9.97 Å². The molecule has 0 saturated carbocycles. The van der Waals surface area contributed by atoms with Crippen molar-refractivity contribution in [1.29, 1.82) is 0 Å².